The number of nitrogens with zero attached hydrogens (tertiary/aromatic N) is 4. The highest BCUT2D eigenvalue weighted by atomic mass is 32.2. The fourth-order valence-corrected chi connectivity index (χ4v) is 4.79. The SMILES string of the molecule is CCCCN(C)c1c(/C=C2\SC(=S)N(C(C)CC)C2=O)c(C)c(C#N)c(=O)n1C. The first-order chi connectivity index (χ1) is 13.7. The Balaban J connectivity index is 2.68. The zero-order valence-electron chi connectivity index (χ0n) is 17.9. The molecule has 1 saturated heterocycles. The smallest absolute Gasteiger partial charge is 0.270 e. The number of unbranched alkanes of at least 4 members (excludes halogenated alkanes) is 1. The second kappa shape index (κ2) is 9.59. The number of carbonyl (C=O) groups is 1. The van der Waals surface area contributed by atoms with Crippen LogP contribution in [0.15, 0.2) is 9.70 Å². The van der Waals surface area contributed by atoms with E-state index >= 15 is 0 Å². The van der Waals surface area contributed by atoms with Crippen LogP contribution in [0.2, 0.25) is 0 Å². The lowest BCUT2D eigenvalue weighted by Crippen LogP contribution is -2.36. The molecule has 0 aromatic carbocycles. The molecule has 1 unspecified atom stereocenters. The molecule has 0 spiro atoms. The lowest BCUT2D eigenvalue weighted by Gasteiger charge is -2.25. The van der Waals surface area contributed by atoms with Crippen molar-refractivity contribution in [2.75, 3.05) is 18.5 Å². The summed E-state index contributed by atoms with van der Waals surface area (Å²) in [4.78, 5) is 29.9. The van der Waals surface area contributed by atoms with Gasteiger partial charge in [-0.15, -0.1) is 0 Å². The Morgan fingerprint density at radius 2 is 2.00 bits per heavy atom. The minimum atomic E-state index is -0.326. The molecule has 1 atom stereocenters. The van der Waals surface area contributed by atoms with Crippen LogP contribution in [-0.2, 0) is 11.8 Å². The highest BCUT2D eigenvalue weighted by Gasteiger charge is 2.35. The van der Waals surface area contributed by atoms with Crippen LogP contribution in [0.25, 0.3) is 6.08 Å². The zero-order valence-corrected chi connectivity index (χ0v) is 19.5. The molecule has 1 fully saturated rings. The Morgan fingerprint density at radius 1 is 1.34 bits per heavy atom. The van der Waals surface area contributed by atoms with E-state index in [2.05, 4.69) is 6.92 Å². The van der Waals surface area contributed by atoms with Crippen molar-refractivity contribution in [3.63, 3.8) is 0 Å². The van der Waals surface area contributed by atoms with Crippen molar-refractivity contribution >= 4 is 46.1 Å². The largest absolute Gasteiger partial charge is 0.360 e. The molecule has 2 rings (SSSR count). The number of pyridine rings is 1. The maximum absolute atomic E-state index is 13.0. The van der Waals surface area contributed by atoms with Crippen LogP contribution in [0.1, 0.15) is 56.7 Å². The molecular weight excluding hydrogens is 404 g/mol. The number of rotatable bonds is 7. The van der Waals surface area contributed by atoms with E-state index < -0.39 is 0 Å². The van der Waals surface area contributed by atoms with Crippen LogP contribution in [0, 0.1) is 18.3 Å². The lowest BCUT2D eigenvalue weighted by molar-refractivity contribution is -0.123. The predicted octanol–water partition coefficient (Wildman–Crippen LogP) is 3.80. The summed E-state index contributed by atoms with van der Waals surface area (Å²) in [5, 5.41) is 9.52. The molecule has 6 nitrogen and oxygen atoms in total. The predicted molar refractivity (Wildman–Crippen MR) is 124 cm³/mol. The van der Waals surface area contributed by atoms with E-state index in [9.17, 15) is 14.9 Å². The second-order valence-corrected chi connectivity index (χ2v) is 8.97. The van der Waals surface area contributed by atoms with Gasteiger partial charge in [0, 0.05) is 32.2 Å². The third-order valence-electron chi connectivity index (χ3n) is 5.31. The third kappa shape index (κ3) is 4.41. The summed E-state index contributed by atoms with van der Waals surface area (Å²) in [6.07, 6.45) is 4.59. The van der Waals surface area contributed by atoms with Gasteiger partial charge in [-0.05, 0) is 38.3 Å². The molecular formula is C21H28N4O2S2. The van der Waals surface area contributed by atoms with Gasteiger partial charge in [0.15, 0.2) is 0 Å². The number of hydrogen-bond donors (Lipinski definition) is 0. The molecule has 0 saturated carbocycles. The summed E-state index contributed by atoms with van der Waals surface area (Å²) in [7, 11) is 3.60. The molecule has 1 aromatic rings. The van der Waals surface area contributed by atoms with E-state index in [0.29, 0.717) is 26.2 Å². The first-order valence-electron chi connectivity index (χ1n) is 9.81. The minimum absolute atomic E-state index is 0.0241. The zero-order chi connectivity index (χ0) is 21.9. The second-order valence-electron chi connectivity index (χ2n) is 7.30. The molecule has 0 bridgehead atoms. The number of nitriles is 1. The number of amides is 1. The van der Waals surface area contributed by atoms with Gasteiger partial charge in [0.05, 0.1) is 4.91 Å². The molecule has 1 aliphatic heterocycles. The van der Waals surface area contributed by atoms with Crippen LogP contribution in [0.4, 0.5) is 5.82 Å². The van der Waals surface area contributed by atoms with Crippen molar-refractivity contribution < 1.29 is 4.79 Å². The van der Waals surface area contributed by atoms with Crippen LogP contribution in [-0.4, -0.2) is 39.3 Å². The summed E-state index contributed by atoms with van der Waals surface area (Å²) in [6, 6.07) is 2.05. The maximum atomic E-state index is 13.0. The average Bonchev–Trinajstić information content (AvgIpc) is 2.97. The molecule has 29 heavy (non-hydrogen) atoms. The van der Waals surface area contributed by atoms with Gasteiger partial charge in [-0.25, -0.2) is 0 Å². The summed E-state index contributed by atoms with van der Waals surface area (Å²) >= 11 is 6.70. The van der Waals surface area contributed by atoms with Crippen molar-refractivity contribution in [3.05, 3.63) is 31.9 Å². The quantitative estimate of drug-likeness (QED) is 0.482. The van der Waals surface area contributed by atoms with Crippen molar-refractivity contribution in [2.45, 2.75) is 53.0 Å². The lowest BCUT2D eigenvalue weighted by atomic mass is 10.0. The van der Waals surface area contributed by atoms with Crippen LogP contribution in [0.5, 0.6) is 0 Å². The standard InChI is InChI=1S/C21H28N4O2S2/c1-7-9-10-23(5)18-15(14(4)16(12-22)19(26)24(18)6)11-17-20(27)25(13(3)8-2)21(28)29-17/h11,13H,7-10H2,1-6H3/b17-11-. The van der Waals surface area contributed by atoms with Crippen LogP contribution >= 0.6 is 24.0 Å². The molecule has 0 N–H and O–H groups in total. The molecule has 1 aromatic heterocycles. The number of aromatic nitrogens is 1. The van der Waals surface area contributed by atoms with Gasteiger partial charge in [-0.2, -0.15) is 5.26 Å². The summed E-state index contributed by atoms with van der Waals surface area (Å²) in [5.41, 5.74) is 1.08. The Bertz CT molecular complexity index is 959. The van der Waals surface area contributed by atoms with E-state index in [-0.39, 0.29) is 23.1 Å². The average molecular weight is 433 g/mol. The van der Waals surface area contributed by atoms with Crippen molar-refractivity contribution in [1.82, 2.24) is 9.47 Å². The van der Waals surface area contributed by atoms with Crippen molar-refractivity contribution in [2.24, 2.45) is 7.05 Å². The van der Waals surface area contributed by atoms with Gasteiger partial charge in [0.1, 0.15) is 21.8 Å². The summed E-state index contributed by atoms with van der Waals surface area (Å²) < 4.78 is 2.04. The molecule has 0 radical (unpaired) electrons. The molecule has 1 aliphatic rings. The minimum Gasteiger partial charge on any atom is -0.360 e. The van der Waals surface area contributed by atoms with E-state index in [0.717, 1.165) is 25.8 Å². The van der Waals surface area contributed by atoms with Crippen molar-refractivity contribution in [3.8, 4) is 6.07 Å². The number of thiocarbonyl (C=S) groups is 1. The summed E-state index contributed by atoms with van der Waals surface area (Å²) in [5.74, 6) is 0.581. The van der Waals surface area contributed by atoms with E-state index in [1.54, 1.807) is 24.9 Å². The van der Waals surface area contributed by atoms with Crippen LogP contribution < -0.4 is 10.5 Å². The fraction of sp³-hybridized carbons (Fsp3) is 0.524. The number of hydrogen-bond acceptors (Lipinski definition) is 6. The molecule has 8 heteroatoms. The molecule has 2 heterocycles. The Morgan fingerprint density at radius 3 is 2.55 bits per heavy atom. The van der Waals surface area contributed by atoms with Gasteiger partial charge in [-0.1, -0.05) is 44.2 Å². The van der Waals surface area contributed by atoms with Gasteiger partial charge in [-0.3, -0.25) is 19.1 Å². The highest BCUT2D eigenvalue weighted by molar-refractivity contribution is 8.26. The van der Waals surface area contributed by atoms with Crippen molar-refractivity contribution in [1.29, 1.82) is 5.26 Å². The van der Waals surface area contributed by atoms with E-state index in [1.165, 1.54) is 16.3 Å². The highest BCUT2D eigenvalue weighted by Crippen LogP contribution is 2.36. The van der Waals surface area contributed by atoms with Gasteiger partial charge >= 0.3 is 0 Å². The third-order valence-corrected chi connectivity index (χ3v) is 6.64. The topological polar surface area (TPSA) is 69.3 Å². The van der Waals surface area contributed by atoms with Gasteiger partial charge in [0.2, 0.25) is 0 Å². The Kier molecular flexibility index (Phi) is 7.66. The van der Waals surface area contributed by atoms with E-state index in [1.807, 2.05) is 31.9 Å². The molecule has 1 amide bonds. The van der Waals surface area contributed by atoms with E-state index in [4.69, 9.17) is 12.2 Å². The fourth-order valence-electron chi connectivity index (χ4n) is 3.35. The van der Waals surface area contributed by atoms with Crippen LogP contribution in [0.3, 0.4) is 0 Å². The normalized spacial score (nSPS) is 16.4. The monoisotopic (exact) mass is 432 g/mol. The Hall–Kier alpha value is -2.11. The Labute approximate surface area is 182 Å². The summed E-state index contributed by atoms with van der Waals surface area (Å²) in [6.45, 7) is 8.63. The van der Waals surface area contributed by atoms with Gasteiger partial charge in [0.25, 0.3) is 11.5 Å². The number of anilines is 1. The number of thioether (sulfide) groups is 1. The molecule has 0 aliphatic carbocycles. The first kappa shape index (κ1) is 23.2. The number of carbonyl (C=O) groups excluding carboxylic acids is 1. The first-order valence-corrected chi connectivity index (χ1v) is 11.0. The maximum Gasteiger partial charge on any atom is 0.270 e. The van der Waals surface area contributed by atoms with Gasteiger partial charge < -0.3 is 4.90 Å². The molecule has 156 valence electrons.